The second kappa shape index (κ2) is 6.41. The standard InChI is InChI=1S/C15H22N2O2S/c1-10-5-6-14(18-4)13(7-10)16-15(20)17-8-11(2)19-12(3)9-17/h5-7,11-12H,8-9H2,1-4H3,(H,16,20)/t11-,12-/m0/s1. The first kappa shape index (κ1) is 15.1. The monoisotopic (exact) mass is 294 g/mol. The van der Waals surface area contributed by atoms with Gasteiger partial charge in [-0.1, -0.05) is 6.07 Å². The van der Waals surface area contributed by atoms with Crippen molar-refractivity contribution in [3.63, 3.8) is 0 Å². The maximum Gasteiger partial charge on any atom is 0.173 e. The van der Waals surface area contributed by atoms with Gasteiger partial charge in [0, 0.05) is 13.1 Å². The van der Waals surface area contributed by atoms with E-state index in [2.05, 4.69) is 24.1 Å². The molecule has 1 aliphatic rings. The van der Waals surface area contributed by atoms with Crippen LogP contribution in [0.25, 0.3) is 0 Å². The van der Waals surface area contributed by atoms with Crippen LogP contribution in [0.15, 0.2) is 18.2 Å². The maximum atomic E-state index is 5.73. The summed E-state index contributed by atoms with van der Waals surface area (Å²) in [6.45, 7) is 7.80. The summed E-state index contributed by atoms with van der Waals surface area (Å²) in [5, 5.41) is 4.01. The third-order valence-corrected chi connectivity index (χ3v) is 3.66. The topological polar surface area (TPSA) is 33.7 Å². The first-order chi connectivity index (χ1) is 9.49. The predicted molar refractivity (Wildman–Crippen MR) is 85.5 cm³/mol. The minimum atomic E-state index is 0.193. The van der Waals surface area contributed by atoms with E-state index < -0.39 is 0 Å². The molecule has 4 nitrogen and oxygen atoms in total. The van der Waals surface area contributed by atoms with E-state index in [-0.39, 0.29) is 12.2 Å². The minimum Gasteiger partial charge on any atom is -0.495 e. The Bertz CT molecular complexity index is 483. The van der Waals surface area contributed by atoms with Crippen LogP contribution in [0, 0.1) is 6.92 Å². The fraction of sp³-hybridized carbons (Fsp3) is 0.533. The van der Waals surface area contributed by atoms with Crippen LogP contribution in [-0.4, -0.2) is 42.4 Å². The van der Waals surface area contributed by atoms with E-state index in [1.54, 1.807) is 7.11 Å². The number of rotatable bonds is 2. The number of nitrogens with one attached hydrogen (secondary N) is 1. The molecule has 1 aliphatic heterocycles. The van der Waals surface area contributed by atoms with Crippen molar-refractivity contribution >= 4 is 23.0 Å². The Kier molecular flexibility index (Phi) is 4.83. The van der Waals surface area contributed by atoms with Crippen LogP contribution in [-0.2, 0) is 4.74 Å². The number of nitrogens with zero attached hydrogens (tertiary/aromatic N) is 1. The van der Waals surface area contributed by atoms with Crippen LogP contribution >= 0.6 is 12.2 Å². The van der Waals surface area contributed by atoms with Crippen molar-refractivity contribution in [3.05, 3.63) is 23.8 Å². The first-order valence-electron chi connectivity index (χ1n) is 6.85. The third-order valence-electron chi connectivity index (χ3n) is 3.30. The molecular formula is C15H22N2O2S. The van der Waals surface area contributed by atoms with Gasteiger partial charge in [0.1, 0.15) is 5.75 Å². The lowest BCUT2D eigenvalue weighted by atomic mass is 10.2. The van der Waals surface area contributed by atoms with E-state index in [1.807, 2.05) is 25.1 Å². The van der Waals surface area contributed by atoms with Crippen molar-refractivity contribution in [2.75, 3.05) is 25.5 Å². The summed E-state index contributed by atoms with van der Waals surface area (Å²) in [4.78, 5) is 2.15. The van der Waals surface area contributed by atoms with Crippen LogP contribution < -0.4 is 10.1 Å². The molecule has 1 heterocycles. The van der Waals surface area contributed by atoms with E-state index >= 15 is 0 Å². The summed E-state index contributed by atoms with van der Waals surface area (Å²) in [7, 11) is 1.66. The van der Waals surface area contributed by atoms with E-state index in [9.17, 15) is 0 Å². The zero-order chi connectivity index (χ0) is 14.7. The Labute approximate surface area is 126 Å². The molecule has 20 heavy (non-hydrogen) atoms. The van der Waals surface area contributed by atoms with Crippen LogP contribution in [0.3, 0.4) is 0 Å². The highest BCUT2D eigenvalue weighted by Gasteiger charge is 2.24. The highest BCUT2D eigenvalue weighted by Crippen LogP contribution is 2.26. The van der Waals surface area contributed by atoms with Gasteiger partial charge < -0.3 is 19.7 Å². The van der Waals surface area contributed by atoms with E-state index in [4.69, 9.17) is 21.7 Å². The molecule has 1 saturated heterocycles. The Balaban J connectivity index is 2.09. The van der Waals surface area contributed by atoms with Crippen molar-refractivity contribution in [2.45, 2.75) is 33.0 Å². The normalized spacial score (nSPS) is 22.5. The molecule has 0 bridgehead atoms. The summed E-state index contributed by atoms with van der Waals surface area (Å²) in [6, 6.07) is 6.01. The lowest BCUT2D eigenvalue weighted by Crippen LogP contribution is -2.49. The van der Waals surface area contributed by atoms with Crippen LogP contribution in [0.5, 0.6) is 5.75 Å². The van der Waals surface area contributed by atoms with Gasteiger partial charge in [0.25, 0.3) is 0 Å². The highest BCUT2D eigenvalue weighted by atomic mass is 32.1. The van der Waals surface area contributed by atoms with Crippen molar-refractivity contribution in [1.29, 1.82) is 0 Å². The van der Waals surface area contributed by atoms with Crippen molar-refractivity contribution in [2.24, 2.45) is 0 Å². The van der Waals surface area contributed by atoms with Crippen molar-refractivity contribution in [1.82, 2.24) is 4.90 Å². The molecule has 0 aliphatic carbocycles. The molecule has 0 spiro atoms. The Morgan fingerprint density at radius 2 is 2.00 bits per heavy atom. The molecule has 1 fully saturated rings. The van der Waals surface area contributed by atoms with E-state index in [0.717, 1.165) is 29.6 Å². The largest absolute Gasteiger partial charge is 0.495 e. The molecule has 0 radical (unpaired) electrons. The van der Waals surface area contributed by atoms with Gasteiger partial charge >= 0.3 is 0 Å². The number of anilines is 1. The minimum absolute atomic E-state index is 0.193. The zero-order valence-corrected chi connectivity index (χ0v) is 13.3. The first-order valence-corrected chi connectivity index (χ1v) is 7.26. The molecule has 0 amide bonds. The Hall–Kier alpha value is -1.33. The van der Waals surface area contributed by atoms with Gasteiger partial charge in [0.05, 0.1) is 25.0 Å². The number of thiocarbonyl (C=S) groups is 1. The van der Waals surface area contributed by atoms with Gasteiger partial charge in [-0.25, -0.2) is 0 Å². The predicted octanol–water partition coefficient (Wildman–Crippen LogP) is 2.81. The van der Waals surface area contributed by atoms with Crippen LogP contribution in [0.2, 0.25) is 0 Å². The zero-order valence-electron chi connectivity index (χ0n) is 12.5. The number of ether oxygens (including phenoxy) is 2. The average Bonchev–Trinajstić information content (AvgIpc) is 2.37. The summed E-state index contributed by atoms with van der Waals surface area (Å²) >= 11 is 5.52. The number of hydrogen-bond acceptors (Lipinski definition) is 3. The van der Waals surface area contributed by atoms with Gasteiger partial charge in [-0.3, -0.25) is 0 Å². The van der Waals surface area contributed by atoms with Gasteiger partial charge in [0.2, 0.25) is 0 Å². The lowest BCUT2D eigenvalue weighted by molar-refractivity contribution is -0.0473. The number of morpholine rings is 1. The molecule has 0 saturated carbocycles. The molecule has 1 aromatic rings. The number of aryl methyl sites for hydroxylation is 1. The molecule has 5 heteroatoms. The smallest absolute Gasteiger partial charge is 0.173 e. The SMILES string of the molecule is COc1ccc(C)cc1NC(=S)N1C[C@H](C)O[C@@H](C)C1. The van der Waals surface area contributed by atoms with Gasteiger partial charge in [0.15, 0.2) is 5.11 Å². The molecule has 1 aromatic carbocycles. The summed E-state index contributed by atoms with van der Waals surface area (Å²) in [5.74, 6) is 0.798. The second-order valence-corrected chi connectivity index (χ2v) is 5.68. The van der Waals surface area contributed by atoms with E-state index in [1.165, 1.54) is 5.56 Å². The number of hydrogen-bond donors (Lipinski definition) is 1. The maximum absolute atomic E-state index is 5.73. The molecule has 0 aromatic heterocycles. The highest BCUT2D eigenvalue weighted by molar-refractivity contribution is 7.80. The Morgan fingerprint density at radius 1 is 1.35 bits per heavy atom. The molecule has 2 atom stereocenters. The average molecular weight is 294 g/mol. The quantitative estimate of drug-likeness (QED) is 0.848. The number of methoxy groups -OCH3 is 1. The fourth-order valence-electron chi connectivity index (χ4n) is 2.46. The second-order valence-electron chi connectivity index (χ2n) is 5.30. The van der Waals surface area contributed by atoms with Crippen LogP contribution in [0.1, 0.15) is 19.4 Å². The summed E-state index contributed by atoms with van der Waals surface area (Å²) < 4.78 is 11.1. The van der Waals surface area contributed by atoms with Crippen molar-refractivity contribution < 1.29 is 9.47 Å². The van der Waals surface area contributed by atoms with Crippen molar-refractivity contribution in [3.8, 4) is 5.75 Å². The summed E-state index contributed by atoms with van der Waals surface area (Å²) in [5.41, 5.74) is 2.07. The summed E-state index contributed by atoms with van der Waals surface area (Å²) in [6.07, 6.45) is 0.385. The van der Waals surface area contributed by atoms with Gasteiger partial charge in [-0.05, 0) is 50.7 Å². The van der Waals surface area contributed by atoms with Gasteiger partial charge in [-0.2, -0.15) is 0 Å². The molecular weight excluding hydrogens is 272 g/mol. The molecule has 2 rings (SSSR count). The van der Waals surface area contributed by atoms with Crippen LogP contribution in [0.4, 0.5) is 5.69 Å². The molecule has 110 valence electrons. The van der Waals surface area contributed by atoms with E-state index in [0.29, 0.717) is 0 Å². The lowest BCUT2D eigenvalue weighted by Gasteiger charge is -2.37. The third kappa shape index (κ3) is 3.61. The number of benzene rings is 1. The molecule has 1 N–H and O–H groups in total. The fourth-order valence-corrected chi connectivity index (χ4v) is 2.72. The van der Waals surface area contributed by atoms with Gasteiger partial charge in [-0.15, -0.1) is 0 Å². The Morgan fingerprint density at radius 3 is 2.60 bits per heavy atom. The molecule has 0 unspecified atom stereocenters.